The summed E-state index contributed by atoms with van der Waals surface area (Å²) >= 11 is 0. The number of methoxy groups -OCH3 is 1. The van der Waals surface area contributed by atoms with Crippen molar-refractivity contribution in [3.63, 3.8) is 0 Å². The van der Waals surface area contributed by atoms with Gasteiger partial charge in [0.15, 0.2) is 0 Å². The van der Waals surface area contributed by atoms with Crippen LogP contribution >= 0.6 is 0 Å². The van der Waals surface area contributed by atoms with Crippen LogP contribution in [0.25, 0.3) is 0 Å². The summed E-state index contributed by atoms with van der Waals surface area (Å²) < 4.78 is 9.95. The second kappa shape index (κ2) is 7.76. The lowest BCUT2D eigenvalue weighted by molar-refractivity contribution is -0.145. The molecule has 1 saturated carbocycles. The third-order valence-electron chi connectivity index (χ3n) is 4.06. The first-order valence-corrected chi connectivity index (χ1v) is 8.48. The van der Waals surface area contributed by atoms with E-state index in [-0.39, 0.29) is 18.9 Å². The Morgan fingerprint density at radius 3 is 2.54 bits per heavy atom. The number of alkyl carbamates (subject to hydrolysis) is 1. The van der Waals surface area contributed by atoms with Crippen LogP contribution in [0.4, 0.5) is 4.79 Å². The molecule has 0 saturated heterocycles. The van der Waals surface area contributed by atoms with E-state index in [1.165, 1.54) is 13.4 Å². The van der Waals surface area contributed by atoms with Gasteiger partial charge in [0, 0.05) is 19.2 Å². The van der Waals surface area contributed by atoms with Crippen LogP contribution in [0.2, 0.25) is 0 Å². The number of hydrogen-bond donors (Lipinski definition) is 3. The van der Waals surface area contributed by atoms with Gasteiger partial charge in [-0.3, -0.25) is 4.79 Å². The minimum atomic E-state index is -0.838. The Hall–Kier alpha value is -2.58. The summed E-state index contributed by atoms with van der Waals surface area (Å²) in [6.45, 7) is 5.45. The predicted octanol–water partition coefficient (Wildman–Crippen LogP) is 0.915. The van der Waals surface area contributed by atoms with E-state index in [2.05, 4.69) is 20.6 Å². The zero-order valence-electron chi connectivity index (χ0n) is 15.5. The number of carbonyl (C=O) groups excluding carboxylic acids is 3. The van der Waals surface area contributed by atoms with E-state index in [0.717, 1.165) is 0 Å². The van der Waals surface area contributed by atoms with Gasteiger partial charge >= 0.3 is 12.1 Å². The van der Waals surface area contributed by atoms with Crippen LogP contribution in [0.3, 0.4) is 0 Å². The molecule has 0 bridgehead atoms. The lowest BCUT2D eigenvalue weighted by Crippen LogP contribution is -2.49. The summed E-state index contributed by atoms with van der Waals surface area (Å²) in [6, 6.07) is -0.838. The summed E-state index contributed by atoms with van der Waals surface area (Å²) in [7, 11) is 1.27. The third-order valence-corrected chi connectivity index (χ3v) is 4.06. The van der Waals surface area contributed by atoms with Crippen molar-refractivity contribution in [3.05, 3.63) is 18.2 Å². The highest BCUT2D eigenvalue weighted by Gasteiger charge is 2.51. The summed E-state index contributed by atoms with van der Waals surface area (Å²) in [5.74, 6) is -0.836. The number of amides is 2. The Kier molecular flexibility index (Phi) is 5.89. The van der Waals surface area contributed by atoms with Gasteiger partial charge in [0.1, 0.15) is 11.6 Å². The van der Waals surface area contributed by atoms with Gasteiger partial charge in [-0.2, -0.15) is 0 Å². The van der Waals surface area contributed by atoms with Crippen molar-refractivity contribution in [2.24, 2.45) is 5.41 Å². The molecule has 1 heterocycles. The van der Waals surface area contributed by atoms with Crippen molar-refractivity contribution >= 4 is 18.0 Å². The molecule has 1 aliphatic carbocycles. The van der Waals surface area contributed by atoms with Gasteiger partial charge in [0.2, 0.25) is 5.91 Å². The Balaban J connectivity index is 1.93. The molecule has 1 unspecified atom stereocenters. The van der Waals surface area contributed by atoms with Gasteiger partial charge in [0.25, 0.3) is 0 Å². The molecule has 1 aliphatic rings. The molecule has 9 nitrogen and oxygen atoms in total. The number of hydrogen-bond acceptors (Lipinski definition) is 6. The van der Waals surface area contributed by atoms with Crippen LogP contribution in [-0.2, 0) is 25.5 Å². The van der Waals surface area contributed by atoms with E-state index in [9.17, 15) is 14.4 Å². The van der Waals surface area contributed by atoms with E-state index in [0.29, 0.717) is 18.5 Å². The van der Waals surface area contributed by atoms with Crippen molar-refractivity contribution in [2.45, 2.75) is 51.7 Å². The smallest absolute Gasteiger partial charge is 0.407 e. The Labute approximate surface area is 152 Å². The largest absolute Gasteiger partial charge is 0.467 e. The number of rotatable bonds is 7. The lowest BCUT2D eigenvalue weighted by atomic mass is 10.0. The van der Waals surface area contributed by atoms with E-state index < -0.39 is 29.1 Å². The molecule has 2 rings (SSSR count). The maximum Gasteiger partial charge on any atom is 0.407 e. The van der Waals surface area contributed by atoms with Crippen molar-refractivity contribution < 1.29 is 23.9 Å². The number of ether oxygens (including phenoxy) is 2. The monoisotopic (exact) mass is 366 g/mol. The summed E-state index contributed by atoms with van der Waals surface area (Å²) in [6.07, 6.45) is 4.06. The van der Waals surface area contributed by atoms with Crippen molar-refractivity contribution in [1.29, 1.82) is 0 Å². The lowest BCUT2D eigenvalue weighted by Gasteiger charge is -2.23. The average Bonchev–Trinajstić information content (AvgIpc) is 3.18. The van der Waals surface area contributed by atoms with Crippen molar-refractivity contribution in [3.8, 4) is 0 Å². The minimum Gasteiger partial charge on any atom is -0.467 e. The highest BCUT2D eigenvalue weighted by molar-refractivity contribution is 5.90. The topological polar surface area (TPSA) is 122 Å². The molecule has 9 heteroatoms. The van der Waals surface area contributed by atoms with Gasteiger partial charge < -0.3 is 25.1 Å². The molecule has 1 aromatic rings. The number of esters is 1. The first-order valence-electron chi connectivity index (χ1n) is 8.48. The first-order chi connectivity index (χ1) is 12.1. The van der Waals surface area contributed by atoms with Crippen LogP contribution in [-0.4, -0.2) is 53.2 Å². The van der Waals surface area contributed by atoms with Gasteiger partial charge in [-0.25, -0.2) is 14.6 Å². The van der Waals surface area contributed by atoms with Gasteiger partial charge in [-0.05, 0) is 33.6 Å². The average molecular weight is 366 g/mol. The standard InChI is InChI=1S/C17H26N4O5/c1-16(2,3)26-15(24)19-9-17(5-6-17)14(23)21-12(13(22)25-4)7-11-8-18-10-20-11/h8,10,12H,5-7,9H2,1-4H3,(H,18,20)(H,19,24)(H,21,23). The molecule has 0 spiro atoms. The number of aromatic nitrogens is 2. The number of H-pyrrole nitrogens is 1. The highest BCUT2D eigenvalue weighted by atomic mass is 16.6. The molecular weight excluding hydrogens is 340 g/mol. The molecule has 1 atom stereocenters. The van der Waals surface area contributed by atoms with E-state index in [4.69, 9.17) is 9.47 Å². The van der Waals surface area contributed by atoms with Crippen molar-refractivity contribution in [2.75, 3.05) is 13.7 Å². The molecular formula is C17H26N4O5. The minimum absolute atomic E-state index is 0.157. The Morgan fingerprint density at radius 2 is 2.04 bits per heavy atom. The second-order valence-electron chi connectivity index (χ2n) is 7.45. The third kappa shape index (κ3) is 5.47. The zero-order chi connectivity index (χ0) is 19.4. The second-order valence-corrected chi connectivity index (χ2v) is 7.45. The molecule has 1 aromatic heterocycles. The number of imidazole rings is 1. The molecule has 1 fully saturated rings. The molecule has 144 valence electrons. The van der Waals surface area contributed by atoms with E-state index in [1.807, 2.05) is 0 Å². The normalized spacial score (nSPS) is 16.3. The Bertz CT molecular complexity index is 647. The van der Waals surface area contributed by atoms with Gasteiger partial charge in [-0.1, -0.05) is 0 Å². The number of nitrogens with one attached hydrogen (secondary N) is 3. The molecule has 2 amide bonds. The summed E-state index contributed by atoms with van der Waals surface area (Å²) in [5.41, 5.74) is -0.686. The number of nitrogens with zero attached hydrogens (tertiary/aromatic N) is 1. The maximum absolute atomic E-state index is 12.6. The Morgan fingerprint density at radius 1 is 1.35 bits per heavy atom. The molecule has 0 aliphatic heterocycles. The van der Waals surface area contributed by atoms with Crippen LogP contribution < -0.4 is 10.6 Å². The van der Waals surface area contributed by atoms with Crippen LogP contribution in [0.5, 0.6) is 0 Å². The van der Waals surface area contributed by atoms with Gasteiger partial charge in [-0.15, -0.1) is 0 Å². The first kappa shape index (κ1) is 19.7. The molecule has 0 radical (unpaired) electrons. The molecule has 0 aromatic carbocycles. The fourth-order valence-electron chi connectivity index (χ4n) is 2.45. The van der Waals surface area contributed by atoms with Crippen molar-refractivity contribution in [1.82, 2.24) is 20.6 Å². The van der Waals surface area contributed by atoms with Gasteiger partial charge in [0.05, 0.1) is 24.5 Å². The quantitative estimate of drug-likeness (QED) is 0.617. The summed E-state index contributed by atoms with van der Waals surface area (Å²) in [5, 5.41) is 5.35. The number of aromatic amines is 1. The highest BCUT2D eigenvalue weighted by Crippen LogP contribution is 2.45. The van der Waals surface area contributed by atoms with Crippen LogP contribution in [0, 0.1) is 5.41 Å². The van der Waals surface area contributed by atoms with Crippen LogP contribution in [0.1, 0.15) is 39.3 Å². The number of carbonyl (C=O) groups is 3. The van der Waals surface area contributed by atoms with E-state index >= 15 is 0 Å². The fourth-order valence-corrected chi connectivity index (χ4v) is 2.45. The molecule has 3 N–H and O–H groups in total. The maximum atomic E-state index is 12.6. The van der Waals surface area contributed by atoms with E-state index in [1.54, 1.807) is 27.0 Å². The summed E-state index contributed by atoms with van der Waals surface area (Å²) in [4.78, 5) is 43.3. The predicted molar refractivity (Wildman–Crippen MR) is 92.1 cm³/mol. The van der Waals surface area contributed by atoms with Crippen LogP contribution in [0.15, 0.2) is 12.5 Å². The molecule has 26 heavy (non-hydrogen) atoms. The zero-order valence-corrected chi connectivity index (χ0v) is 15.5. The fraction of sp³-hybridized carbons (Fsp3) is 0.647. The SMILES string of the molecule is COC(=O)C(Cc1c[nH]cn1)NC(=O)C1(CNC(=O)OC(C)(C)C)CC1.